The maximum absolute atomic E-state index is 11.9. The van der Waals surface area contributed by atoms with Crippen molar-refractivity contribution in [1.82, 2.24) is 5.32 Å². The maximum Gasteiger partial charge on any atom is 0.265 e. The van der Waals surface area contributed by atoms with Crippen molar-refractivity contribution in [3.63, 3.8) is 0 Å². The van der Waals surface area contributed by atoms with E-state index >= 15 is 0 Å². The Labute approximate surface area is 91.1 Å². The van der Waals surface area contributed by atoms with Crippen LogP contribution >= 0.6 is 0 Å². The van der Waals surface area contributed by atoms with Crippen LogP contribution in [0.1, 0.15) is 45.4 Å². The van der Waals surface area contributed by atoms with E-state index in [4.69, 9.17) is 5.11 Å². The molecule has 0 aliphatic heterocycles. The van der Waals surface area contributed by atoms with Crippen molar-refractivity contribution in [2.75, 3.05) is 13.1 Å². The Bertz CT molecular complexity index is 134. The molecule has 0 heterocycles. The summed E-state index contributed by atoms with van der Waals surface area (Å²) in [7, 11) is 0. The summed E-state index contributed by atoms with van der Waals surface area (Å²) in [5, 5.41) is 11.6. The van der Waals surface area contributed by atoms with Gasteiger partial charge in [-0.15, -0.1) is 0 Å². The van der Waals surface area contributed by atoms with E-state index < -0.39 is 12.5 Å². The summed E-state index contributed by atoms with van der Waals surface area (Å²) < 4.78 is 23.7. The van der Waals surface area contributed by atoms with Gasteiger partial charge in [0.25, 0.3) is 6.43 Å². The zero-order valence-electron chi connectivity index (χ0n) is 9.51. The SMILES string of the molecule is CCCCCCCCNCC(O)C(F)F. The molecule has 1 unspecified atom stereocenters. The topological polar surface area (TPSA) is 32.3 Å². The lowest BCUT2D eigenvalue weighted by Gasteiger charge is -2.10. The number of alkyl halides is 2. The van der Waals surface area contributed by atoms with E-state index in [-0.39, 0.29) is 6.54 Å². The Hall–Kier alpha value is -0.220. The van der Waals surface area contributed by atoms with Gasteiger partial charge in [-0.2, -0.15) is 0 Å². The van der Waals surface area contributed by atoms with Crippen LogP contribution in [0, 0.1) is 0 Å². The molecule has 2 nitrogen and oxygen atoms in total. The summed E-state index contributed by atoms with van der Waals surface area (Å²) in [6, 6.07) is 0. The summed E-state index contributed by atoms with van der Waals surface area (Å²) in [5.41, 5.74) is 0. The van der Waals surface area contributed by atoms with E-state index in [1.54, 1.807) is 0 Å². The molecule has 0 aliphatic rings. The zero-order chi connectivity index (χ0) is 11.5. The molecule has 1 atom stereocenters. The number of hydrogen-bond donors (Lipinski definition) is 2. The van der Waals surface area contributed by atoms with Crippen molar-refractivity contribution in [2.24, 2.45) is 0 Å². The van der Waals surface area contributed by atoms with Gasteiger partial charge >= 0.3 is 0 Å². The minimum Gasteiger partial charge on any atom is -0.386 e. The normalized spacial score (nSPS) is 13.4. The first-order chi connectivity index (χ1) is 7.18. The second-order valence-corrected chi connectivity index (χ2v) is 3.87. The van der Waals surface area contributed by atoms with Crippen LogP contribution in [0.2, 0.25) is 0 Å². The zero-order valence-corrected chi connectivity index (χ0v) is 9.51. The van der Waals surface area contributed by atoms with Gasteiger partial charge in [0.15, 0.2) is 0 Å². The molecular weight excluding hydrogens is 200 g/mol. The Balaban J connectivity index is 3.05. The summed E-state index contributed by atoms with van der Waals surface area (Å²) in [6.45, 7) is 2.88. The van der Waals surface area contributed by atoms with E-state index in [1.807, 2.05) is 0 Å². The van der Waals surface area contributed by atoms with Crippen molar-refractivity contribution in [3.8, 4) is 0 Å². The maximum atomic E-state index is 11.9. The lowest BCUT2D eigenvalue weighted by atomic mass is 10.1. The number of aliphatic hydroxyl groups excluding tert-OH is 1. The standard InChI is InChI=1S/C11H23F2NO/c1-2-3-4-5-6-7-8-14-9-10(15)11(12)13/h10-11,14-15H,2-9H2,1H3. The van der Waals surface area contributed by atoms with Crippen LogP contribution in [0.25, 0.3) is 0 Å². The van der Waals surface area contributed by atoms with Crippen molar-refractivity contribution < 1.29 is 13.9 Å². The number of nitrogens with one attached hydrogen (secondary N) is 1. The number of hydrogen-bond acceptors (Lipinski definition) is 2. The minimum atomic E-state index is -2.64. The van der Waals surface area contributed by atoms with Crippen LogP contribution < -0.4 is 5.32 Å². The first-order valence-electron chi connectivity index (χ1n) is 5.85. The molecule has 0 amide bonds. The van der Waals surface area contributed by atoms with Gasteiger partial charge in [-0.25, -0.2) is 8.78 Å². The quantitative estimate of drug-likeness (QED) is 0.558. The first-order valence-corrected chi connectivity index (χ1v) is 5.85. The van der Waals surface area contributed by atoms with Crippen molar-refractivity contribution >= 4 is 0 Å². The van der Waals surface area contributed by atoms with Crippen LogP contribution in [0.5, 0.6) is 0 Å². The molecule has 0 rings (SSSR count). The van der Waals surface area contributed by atoms with Crippen LogP contribution in [0.3, 0.4) is 0 Å². The van der Waals surface area contributed by atoms with Crippen LogP contribution in [0.15, 0.2) is 0 Å². The second-order valence-electron chi connectivity index (χ2n) is 3.87. The van der Waals surface area contributed by atoms with Crippen molar-refractivity contribution in [3.05, 3.63) is 0 Å². The van der Waals surface area contributed by atoms with Gasteiger partial charge in [0.05, 0.1) is 0 Å². The molecule has 15 heavy (non-hydrogen) atoms. The highest BCUT2D eigenvalue weighted by Crippen LogP contribution is 2.04. The second kappa shape index (κ2) is 10.3. The number of aliphatic hydroxyl groups is 1. The fourth-order valence-electron chi connectivity index (χ4n) is 1.37. The molecule has 0 radical (unpaired) electrons. The minimum absolute atomic E-state index is 0.00731. The summed E-state index contributed by atoms with van der Waals surface area (Å²) >= 11 is 0. The molecule has 0 aromatic carbocycles. The van der Waals surface area contributed by atoms with E-state index in [9.17, 15) is 8.78 Å². The largest absolute Gasteiger partial charge is 0.386 e. The van der Waals surface area contributed by atoms with E-state index in [0.717, 1.165) is 19.4 Å². The lowest BCUT2D eigenvalue weighted by Crippen LogP contribution is -2.32. The fourth-order valence-corrected chi connectivity index (χ4v) is 1.37. The third-order valence-corrected chi connectivity index (χ3v) is 2.35. The predicted octanol–water partition coefficient (Wildman–Crippen LogP) is 2.56. The molecule has 0 aromatic heterocycles. The first kappa shape index (κ1) is 14.8. The van der Waals surface area contributed by atoms with Crippen LogP contribution in [-0.4, -0.2) is 30.7 Å². The molecular formula is C11H23F2NO. The number of unbranched alkanes of at least 4 members (excludes halogenated alkanes) is 5. The van der Waals surface area contributed by atoms with Gasteiger partial charge in [0, 0.05) is 6.54 Å². The molecule has 0 bridgehead atoms. The van der Waals surface area contributed by atoms with Crippen LogP contribution in [0.4, 0.5) is 8.78 Å². The lowest BCUT2D eigenvalue weighted by molar-refractivity contribution is -0.00317. The van der Waals surface area contributed by atoms with E-state index in [2.05, 4.69) is 12.2 Å². The molecule has 0 saturated heterocycles. The summed E-state index contributed by atoms with van der Waals surface area (Å²) in [6.07, 6.45) is 2.96. The Kier molecular flexibility index (Phi) is 10.2. The van der Waals surface area contributed by atoms with Crippen molar-refractivity contribution in [2.45, 2.75) is 58.0 Å². The summed E-state index contributed by atoms with van der Waals surface area (Å²) in [4.78, 5) is 0. The fraction of sp³-hybridized carbons (Fsp3) is 1.00. The highest BCUT2D eigenvalue weighted by Gasteiger charge is 2.15. The molecule has 92 valence electrons. The van der Waals surface area contributed by atoms with Crippen LogP contribution in [-0.2, 0) is 0 Å². The molecule has 2 N–H and O–H groups in total. The highest BCUT2D eigenvalue weighted by atomic mass is 19.3. The van der Waals surface area contributed by atoms with Gasteiger partial charge in [0.1, 0.15) is 6.10 Å². The average molecular weight is 223 g/mol. The average Bonchev–Trinajstić information content (AvgIpc) is 2.21. The molecule has 0 aliphatic carbocycles. The van der Waals surface area contributed by atoms with E-state index in [0.29, 0.717) is 0 Å². The molecule has 0 fully saturated rings. The van der Waals surface area contributed by atoms with Gasteiger partial charge < -0.3 is 10.4 Å². The molecule has 0 spiro atoms. The molecule has 4 heteroatoms. The monoisotopic (exact) mass is 223 g/mol. The Morgan fingerprint density at radius 1 is 1.07 bits per heavy atom. The van der Waals surface area contributed by atoms with Gasteiger partial charge in [-0.1, -0.05) is 39.0 Å². The predicted molar refractivity (Wildman–Crippen MR) is 58.3 cm³/mol. The van der Waals surface area contributed by atoms with E-state index in [1.165, 1.54) is 25.7 Å². The Morgan fingerprint density at radius 2 is 1.67 bits per heavy atom. The van der Waals surface area contributed by atoms with Gasteiger partial charge in [-0.3, -0.25) is 0 Å². The van der Waals surface area contributed by atoms with Gasteiger partial charge in [-0.05, 0) is 13.0 Å². The van der Waals surface area contributed by atoms with Crippen molar-refractivity contribution in [1.29, 1.82) is 0 Å². The third-order valence-electron chi connectivity index (χ3n) is 2.35. The molecule has 0 saturated carbocycles. The molecule has 0 aromatic rings. The Morgan fingerprint density at radius 3 is 2.27 bits per heavy atom. The van der Waals surface area contributed by atoms with Gasteiger partial charge in [0.2, 0.25) is 0 Å². The number of halogens is 2. The smallest absolute Gasteiger partial charge is 0.265 e. The third kappa shape index (κ3) is 10.1. The number of rotatable bonds is 10. The summed E-state index contributed by atoms with van der Waals surface area (Å²) in [5.74, 6) is 0. The highest BCUT2D eigenvalue weighted by molar-refractivity contribution is 4.61.